The highest BCUT2D eigenvalue weighted by Crippen LogP contribution is 2.24. The van der Waals surface area contributed by atoms with E-state index in [0.29, 0.717) is 24.4 Å². The molecule has 0 fully saturated rings. The Bertz CT molecular complexity index is 587. The number of nitrogens with one attached hydrogen (secondary N) is 1. The van der Waals surface area contributed by atoms with Crippen molar-refractivity contribution in [1.29, 1.82) is 0 Å². The molecule has 3 N–H and O–H groups in total. The summed E-state index contributed by atoms with van der Waals surface area (Å²) in [4.78, 5) is 11.8. The summed E-state index contributed by atoms with van der Waals surface area (Å²) in [6.07, 6.45) is 1.68. The maximum absolute atomic E-state index is 13.6. The second-order valence-electron chi connectivity index (χ2n) is 4.40. The van der Waals surface area contributed by atoms with Crippen LogP contribution in [0, 0.1) is 5.82 Å². The van der Waals surface area contributed by atoms with E-state index in [0.717, 1.165) is 12.8 Å². The molecule has 2 rings (SSSR count). The van der Waals surface area contributed by atoms with Gasteiger partial charge in [0.05, 0.1) is 5.56 Å². The van der Waals surface area contributed by atoms with Gasteiger partial charge >= 0.3 is 0 Å². The summed E-state index contributed by atoms with van der Waals surface area (Å²) in [6.45, 7) is 1.15. The van der Waals surface area contributed by atoms with E-state index in [1.165, 1.54) is 6.07 Å². The van der Waals surface area contributed by atoms with Gasteiger partial charge in [-0.3, -0.25) is 4.79 Å². The first kappa shape index (κ1) is 17.2. The van der Waals surface area contributed by atoms with Crippen molar-refractivity contribution in [3.63, 3.8) is 0 Å². The molecule has 2 aromatic rings. The molecule has 0 saturated carbocycles. The quantitative estimate of drug-likeness (QED) is 0.806. The van der Waals surface area contributed by atoms with Crippen LogP contribution in [-0.4, -0.2) is 19.0 Å². The van der Waals surface area contributed by atoms with Crippen molar-refractivity contribution >= 4 is 18.3 Å². The van der Waals surface area contributed by atoms with Gasteiger partial charge in [0.25, 0.3) is 5.91 Å². The maximum Gasteiger partial charge on any atom is 0.287 e. The van der Waals surface area contributed by atoms with Crippen LogP contribution in [0.25, 0.3) is 11.3 Å². The molecule has 1 aromatic heterocycles. The molecule has 0 atom stereocenters. The van der Waals surface area contributed by atoms with Crippen LogP contribution in [0.1, 0.15) is 23.4 Å². The van der Waals surface area contributed by atoms with Gasteiger partial charge in [0, 0.05) is 6.54 Å². The standard InChI is InChI=1S/C15H17FN2O2.ClH/c16-12-6-2-1-5-11(12)13-7-8-14(20-13)15(19)18-10-4-3-9-17;/h1-2,5-8H,3-4,9-10,17H2,(H,18,19);1H. The Morgan fingerprint density at radius 1 is 1.19 bits per heavy atom. The lowest BCUT2D eigenvalue weighted by atomic mass is 10.1. The van der Waals surface area contributed by atoms with Crippen LogP contribution in [0.2, 0.25) is 0 Å². The van der Waals surface area contributed by atoms with E-state index in [2.05, 4.69) is 5.32 Å². The smallest absolute Gasteiger partial charge is 0.287 e. The van der Waals surface area contributed by atoms with Crippen LogP contribution in [0.15, 0.2) is 40.8 Å². The van der Waals surface area contributed by atoms with Gasteiger partial charge in [0.2, 0.25) is 0 Å². The monoisotopic (exact) mass is 312 g/mol. The number of carbonyl (C=O) groups is 1. The molecule has 1 amide bonds. The van der Waals surface area contributed by atoms with Crippen molar-refractivity contribution in [2.75, 3.05) is 13.1 Å². The summed E-state index contributed by atoms with van der Waals surface area (Å²) in [5, 5.41) is 2.73. The number of unbranched alkanes of at least 4 members (excludes halogenated alkanes) is 1. The van der Waals surface area contributed by atoms with E-state index >= 15 is 0 Å². The molecule has 0 saturated heterocycles. The lowest BCUT2D eigenvalue weighted by molar-refractivity contribution is 0.0926. The molecule has 21 heavy (non-hydrogen) atoms. The van der Waals surface area contributed by atoms with Gasteiger partial charge in [-0.25, -0.2) is 4.39 Å². The van der Waals surface area contributed by atoms with Crippen LogP contribution >= 0.6 is 12.4 Å². The molecule has 0 aliphatic heterocycles. The lowest BCUT2D eigenvalue weighted by Gasteiger charge is -2.02. The van der Waals surface area contributed by atoms with Crippen molar-refractivity contribution in [2.45, 2.75) is 12.8 Å². The first-order chi connectivity index (χ1) is 9.72. The predicted molar refractivity (Wildman–Crippen MR) is 82.0 cm³/mol. The maximum atomic E-state index is 13.6. The fourth-order valence-corrected chi connectivity index (χ4v) is 1.82. The summed E-state index contributed by atoms with van der Waals surface area (Å²) in [5.41, 5.74) is 5.71. The average Bonchev–Trinajstić information content (AvgIpc) is 2.93. The molecule has 1 heterocycles. The summed E-state index contributed by atoms with van der Waals surface area (Å²) < 4.78 is 19.0. The highest BCUT2D eigenvalue weighted by atomic mass is 35.5. The van der Waals surface area contributed by atoms with Crippen LogP contribution in [0.5, 0.6) is 0 Å². The lowest BCUT2D eigenvalue weighted by Crippen LogP contribution is -2.24. The van der Waals surface area contributed by atoms with Crippen molar-refractivity contribution in [1.82, 2.24) is 5.32 Å². The van der Waals surface area contributed by atoms with E-state index in [1.54, 1.807) is 30.3 Å². The van der Waals surface area contributed by atoms with E-state index < -0.39 is 0 Å². The largest absolute Gasteiger partial charge is 0.451 e. The molecule has 0 aliphatic rings. The molecule has 0 spiro atoms. The highest BCUT2D eigenvalue weighted by molar-refractivity contribution is 5.92. The fraction of sp³-hybridized carbons (Fsp3) is 0.267. The van der Waals surface area contributed by atoms with Crippen LogP contribution in [0.3, 0.4) is 0 Å². The van der Waals surface area contributed by atoms with Crippen molar-refractivity contribution in [3.05, 3.63) is 48.0 Å². The third-order valence-corrected chi connectivity index (χ3v) is 2.89. The minimum Gasteiger partial charge on any atom is -0.451 e. The Hall–Kier alpha value is -1.85. The minimum absolute atomic E-state index is 0. The number of halogens is 2. The Morgan fingerprint density at radius 2 is 1.95 bits per heavy atom. The molecule has 6 heteroatoms. The number of nitrogens with two attached hydrogens (primary N) is 1. The Kier molecular flexibility index (Phi) is 6.91. The van der Waals surface area contributed by atoms with Crippen molar-refractivity contribution < 1.29 is 13.6 Å². The van der Waals surface area contributed by atoms with Crippen molar-refractivity contribution in [3.8, 4) is 11.3 Å². The minimum atomic E-state index is -0.378. The molecule has 0 unspecified atom stereocenters. The van der Waals surface area contributed by atoms with Gasteiger partial charge in [-0.2, -0.15) is 0 Å². The zero-order valence-corrected chi connectivity index (χ0v) is 12.3. The van der Waals surface area contributed by atoms with Gasteiger partial charge in [-0.05, 0) is 43.7 Å². The molecular weight excluding hydrogens is 295 g/mol. The number of benzene rings is 1. The summed E-state index contributed by atoms with van der Waals surface area (Å²) in [7, 11) is 0. The second-order valence-corrected chi connectivity index (χ2v) is 4.40. The predicted octanol–water partition coefficient (Wildman–Crippen LogP) is 2.98. The number of amides is 1. The third kappa shape index (κ3) is 4.58. The van der Waals surface area contributed by atoms with Crippen molar-refractivity contribution in [2.24, 2.45) is 5.73 Å². The van der Waals surface area contributed by atoms with Gasteiger partial charge in [0.15, 0.2) is 5.76 Å². The van der Waals surface area contributed by atoms with Gasteiger partial charge in [0.1, 0.15) is 11.6 Å². The normalized spacial score (nSPS) is 10.0. The third-order valence-electron chi connectivity index (χ3n) is 2.89. The van der Waals surface area contributed by atoms with Crippen LogP contribution < -0.4 is 11.1 Å². The number of rotatable bonds is 6. The number of carbonyl (C=O) groups excluding carboxylic acids is 1. The first-order valence-corrected chi connectivity index (χ1v) is 6.55. The van der Waals surface area contributed by atoms with Gasteiger partial charge < -0.3 is 15.5 Å². The number of hydrogen-bond donors (Lipinski definition) is 2. The zero-order chi connectivity index (χ0) is 14.4. The molecule has 0 radical (unpaired) electrons. The van der Waals surface area contributed by atoms with E-state index in [-0.39, 0.29) is 29.9 Å². The van der Waals surface area contributed by atoms with E-state index in [4.69, 9.17) is 10.2 Å². The SMILES string of the molecule is Cl.NCCCCNC(=O)c1ccc(-c2ccccc2F)o1. The fourth-order valence-electron chi connectivity index (χ4n) is 1.82. The topological polar surface area (TPSA) is 68.3 Å². The van der Waals surface area contributed by atoms with Crippen LogP contribution in [0.4, 0.5) is 4.39 Å². The molecule has 114 valence electrons. The van der Waals surface area contributed by atoms with Gasteiger partial charge in [-0.15, -0.1) is 12.4 Å². The molecule has 0 aliphatic carbocycles. The van der Waals surface area contributed by atoms with E-state index in [1.807, 2.05) is 0 Å². The Balaban J connectivity index is 0.00000220. The first-order valence-electron chi connectivity index (χ1n) is 6.55. The number of furan rings is 1. The van der Waals surface area contributed by atoms with E-state index in [9.17, 15) is 9.18 Å². The molecule has 4 nitrogen and oxygen atoms in total. The average molecular weight is 313 g/mol. The van der Waals surface area contributed by atoms with Crippen LogP contribution in [-0.2, 0) is 0 Å². The molecule has 1 aromatic carbocycles. The summed E-state index contributed by atoms with van der Waals surface area (Å²) >= 11 is 0. The molecule has 0 bridgehead atoms. The van der Waals surface area contributed by atoms with Gasteiger partial charge in [-0.1, -0.05) is 12.1 Å². The zero-order valence-electron chi connectivity index (χ0n) is 11.5. The Labute approximate surface area is 128 Å². The molecular formula is C15H18ClFN2O2. The summed E-state index contributed by atoms with van der Waals surface area (Å²) in [5.74, 6) is -0.160. The summed E-state index contributed by atoms with van der Waals surface area (Å²) in [6, 6.07) is 9.41. The highest BCUT2D eigenvalue weighted by Gasteiger charge is 2.13. The number of hydrogen-bond acceptors (Lipinski definition) is 3. The second kappa shape index (κ2) is 8.44. The Morgan fingerprint density at radius 3 is 2.67 bits per heavy atom.